The van der Waals surface area contributed by atoms with Gasteiger partial charge in [0.1, 0.15) is 22.8 Å². The van der Waals surface area contributed by atoms with Crippen LogP contribution in [0.15, 0.2) is 162 Å². The molecular weight excluding hydrogens is 673 g/mol. The average Bonchev–Trinajstić information content (AvgIpc) is 3.87. The monoisotopic (exact) mass is 704 g/mol. The highest BCUT2D eigenvalue weighted by atomic mass is 16.3. The number of hydrogen-bond acceptors (Lipinski definition) is 4. The number of aromatic nitrogens is 3. The Labute approximate surface area is 317 Å². The largest absolute Gasteiger partial charge is 0.455 e. The van der Waals surface area contributed by atoms with Crippen molar-refractivity contribution in [1.29, 1.82) is 5.26 Å². The third-order valence-electron chi connectivity index (χ3n) is 11.5. The molecule has 55 heavy (non-hydrogen) atoms. The Bertz CT molecular complexity index is 3180. The van der Waals surface area contributed by atoms with E-state index >= 15 is 0 Å². The molecule has 7 aromatic carbocycles. The minimum atomic E-state index is -0.229. The maximum absolute atomic E-state index is 10.6. The van der Waals surface area contributed by atoms with E-state index in [1.54, 1.807) is 0 Å². The first kappa shape index (κ1) is 31.3. The summed E-state index contributed by atoms with van der Waals surface area (Å²) >= 11 is 0. The van der Waals surface area contributed by atoms with Crippen LogP contribution in [-0.4, -0.2) is 14.5 Å². The van der Waals surface area contributed by atoms with E-state index in [1.165, 1.54) is 38.5 Å². The van der Waals surface area contributed by atoms with Crippen LogP contribution in [-0.2, 0) is 5.41 Å². The molecule has 1 aliphatic carbocycles. The zero-order valence-corrected chi connectivity index (χ0v) is 30.2. The van der Waals surface area contributed by atoms with E-state index in [0.717, 1.165) is 44.2 Å². The normalized spacial score (nSPS) is 13.0. The lowest BCUT2D eigenvalue weighted by Crippen LogP contribution is -2.16. The molecule has 0 amide bonds. The first-order valence-electron chi connectivity index (χ1n) is 18.6. The fraction of sp³-hybridized carbons (Fsp3) is 0.0600. The van der Waals surface area contributed by atoms with Crippen molar-refractivity contribution >= 4 is 43.7 Å². The predicted octanol–water partition coefficient (Wildman–Crippen LogP) is 12.7. The van der Waals surface area contributed by atoms with Crippen molar-refractivity contribution in [2.24, 2.45) is 0 Å². The zero-order valence-electron chi connectivity index (χ0n) is 30.2. The molecule has 0 aliphatic heterocycles. The van der Waals surface area contributed by atoms with E-state index in [0.29, 0.717) is 28.4 Å². The van der Waals surface area contributed by atoms with Crippen LogP contribution in [0.1, 0.15) is 30.5 Å². The molecular formula is C50H32N4O. The van der Waals surface area contributed by atoms with Gasteiger partial charge in [-0.2, -0.15) is 5.26 Å². The summed E-state index contributed by atoms with van der Waals surface area (Å²) in [6.07, 6.45) is 0. The zero-order chi connectivity index (χ0) is 36.8. The minimum Gasteiger partial charge on any atom is -0.455 e. The van der Waals surface area contributed by atoms with Crippen molar-refractivity contribution in [3.8, 4) is 56.8 Å². The third kappa shape index (κ3) is 4.40. The molecule has 3 heterocycles. The van der Waals surface area contributed by atoms with Gasteiger partial charge in [-0.1, -0.05) is 147 Å². The number of rotatable bonds is 4. The first-order valence-corrected chi connectivity index (χ1v) is 18.6. The molecule has 258 valence electrons. The molecule has 0 spiro atoms. The second-order valence-corrected chi connectivity index (χ2v) is 14.8. The van der Waals surface area contributed by atoms with E-state index in [4.69, 9.17) is 14.4 Å². The summed E-state index contributed by atoms with van der Waals surface area (Å²) < 4.78 is 9.33. The van der Waals surface area contributed by atoms with Gasteiger partial charge in [-0.25, -0.2) is 9.97 Å². The van der Waals surface area contributed by atoms with Gasteiger partial charge >= 0.3 is 0 Å². The lowest BCUT2D eigenvalue weighted by atomic mass is 9.81. The van der Waals surface area contributed by atoms with E-state index in [9.17, 15) is 5.26 Å². The van der Waals surface area contributed by atoms with Gasteiger partial charge in [0.15, 0.2) is 5.82 Å². The second kappa shape index (κ2) is 11.6. The highest BCUT2D eigenvalue weighted by Gasteiger charge is 2.38. The molecule has 0 saturated carbocycles. The topological polar surface area (TPSA) is 67.6 Å². The Morgan fingerprint density at radius 2 is 1.20 bits per heavy atom. The first-order chi connectivity index (χ1) is 27.0. The number of para-hydroxylation sites is 2. The fourth-order valence-corrected chi connectivity index (χ4v) is 9.03. The number of nitrogens with zero attached hydrogens (tertiary/aromatic N) is 4. The maximum atomic E-state index is 10.6. The standard InChI is InChI=1S/C50H32N4O/c1-50(2)39-22-12-9-19-32(39)34-25-26-35-33-20-10-13-23-40(33)54(47(35)44(34)50)41-28-27-37(48-43(41)36-21-11-14-24-42(36)55-48)49-52-45(30-15-5-3-6-16-30)38(29-51)46(53-49)31-17-7-4-8-18-31/h3-28H,1-2H3. The van der Waals surface area contributed by atoms with Crippen LogP contribution in [0.2, 0.25) is 0 Å². The predicted molar refractivity (Wildman–Crippen MR) is 222 cm³/mol. The average molecular weight is 705 g/mol. The quantitative estimate of drug-likeness (QED) is 0.183. The van der Waals surface area contributed by atoms with E-state index in [1.807, 2.05) is 72.8 Å². The minimum absolute atomic E-state index is 0.229. The lowest BCUT2D eigenvalue weighted by Gasteiger charge is -2.24. The van der Waals surface area contributed by atoms with Crippen LogP contribution < -0.4 is 0 Å². The molecule has 0 bridgehead atoms. The van der Waals surface area contributed by atoms with Crippen LogP contribution in [0.4, 0.5) is 0 Å². The van der Waals surface area contributed by atoms with Crippen molar-refractivity contribution < 1.29 is 4.42 Å². The Kier molecular flexibility index (Phi) is 6.59. The van der Waals surface area contributed by atoms with Crippen molar-refractivity contribution in [3.63, 3.8) is 0 Å². The van der Waals surface area contributed by atoms with Crippen molar-refractivity contribution in [3.05, 3.63) is 174 Å². The van der Waals surface area contributed by atoms with Gasteiger partial charge in [-0.15, -0.1) is 0 Å². The maximum Gasteiger partial charge on any atom is 0.164 e. The van der Waals surface area contributed by atoms with E-state index in [2.05, 4.69) is 109 Å². The summed E-state index contributed by atoms with van der Waals surface area (Å²) in [6.45, 7) is 4.70. The fourth-order valence-electron chi connectivity index (χ4n) is 9.03. The van der Waals surface area contributed by atoms with Crippen LogP contribution >= 0.6 is 0 Å². The van der Waals surface area contributed by atoms with E-state index < -0.39 is 0 Å². The molecule has 11 rings (SSSR count). The summed E-state index contributed by atoms with van der Waals surface area (Å²) in [6, 6.07) is 56.9. The molecule has 1 aliphatic rings. The SMILES string of the molecule is CC1(C)c2ccccc2-c2ccc3c4ccccc4n(-c4ccc(-c5nc(-c6ccccc6)c(C#N)c(-c6ccccc6)n5)c5oc6ccccc6c45)c3c21. The third-order valence-corrected chi connectivity index (χ3v) is 11.5. The lowest BCUT2D eigenvalue weighted by molar-refractivity contribution is 0.664. The molecule has 0 saturated heterocycles. The second-order valence-electron chi connectivity index (χ2n) is 14.8. The Morgan fingerprint density at radius 1 is 0.582 bits per heavy atom. The van der Waals surface area contributed by atoms with Crippen molar-refractivity contribution in [2.45, 2.75) is 19.3 Å². The number of nitriles is 1. The Hall–Kier alpha value is -7.29. The Morgan fingerprint density at radius 3 is 1.93 bits per heavy atom. The molecule has 0 N–H and O–H groups in total. The van der Waals surface area contributed by atoms with Crippen LogP contribution in [0.5, 0.6) is 0 Å². The number of fused-ring (bicyclic) bond motifs is 10. The van der Waals surface area contributed by atoms with Crippen LogP contribution in [0, 0.1) is 11.3 Å². The molecule has 0 atom stereocenters. The van der Waals surface area contributed by atoms with Gasteiger partial charge in [0.05, 0.1) is 39.1 Å². The highest BCUT2D eigenvalue weighted by molar-refractivity contribution is 6.18. The van der Waals surface area contributed by atoms with E-state index in [-0.39, 0.29) is 5.41 Å². The molecule has 3 aromatic heterocycles. The van der Waals surface area contributed by atoms with Crippen molar-refractivity contribution in [1.82, 2.24) is 14.5 Å². The highest BCUT2D eigenvalue weighted by Crippen LogP contribution is 2.53. The number of benzene rings is 7. The van der Waals surface area contributed by atoms with Crippen LogP contribution in [0.25, 0.3) is 94.5 Å². The number of hydrogen-bond donors (Lipinski definition) is 0. The van der Waals surface area contributed by atoms with Gasteiger partial charge in [-0.3, -0.25) is 0 Å². The van der Waals surface area contributed by atoms with Gasteiger partial charge in [0, 0.05) is 32.7 Å². The van der Waals surface area contributed by atoms with Gasteiger partial charge in [0.25, 0.3) is 0 Å². The molecule has 10 aromatic rings. The summed E-state index contributed by atoms with van der Waals surface area (Å²) in [5.74, 6) is 0.493. The summed E-state index contributed by atoms with van der Waals surface area (Å²) in [4.78, 5) is 10.3. The van der Waals surface area contributed by atoms with Gasteiger partial charge in [0.2, 0.25) is 0 Å². The van der Waals surface area contributed by atoms with Gasteiger partial charge < -0.3 is 8.98 Å². The smallest absolute Gasteiger partial charge is 0.164 e. The molecule has 0 fully saturated rings. The number of furan rings is 1. The van der Waals surface area contributed by atoms with Crippen LogP contribution in [0.3, 0.4) is 0 Å². The summed E-state index contributed by atoms with van der Waals surface area (Å²) in [7, 11) is 0. The summed E-state index contributed by atoms with van der Waals surface area (Å²) in [5, 5.41) is 15.0. The van der Waals surface area contributed by atoms with Gasteiger partial charge in [-0.05, 0) is 46.5 Å². The molecule has 5 nitrogen and oxygen atoms in total. The van der Waals surface area contributed by atoms with Crippen molar-refractivity contribution in [2.75, 3.05) is 0 Å². The summed E-state index contributed by atoms with van der Waals surface area (Å²) in [5.41, 5.74) is 13.9. The Balaban J connectivity index is 1.26. The molecule has 0 unspecified atom stereocenters. The molecule has 0 radical (unpaired) electrons. The molecule has 5 heteroatoms.